The van der Waals surface area contributed by atoms with Crippen molar-refractivity contribution in [2.45, 2.75) is 0 Å². The lowest BCUT2D eigenvalue weighted by Gasteiger charge is -2.12. The lowest BCUT2D eigenvalue weighted by atomic mass is 10.1. The van der Waals surface area contributed by atoms with E-state index >= 15 is 0 Å². The fraction of sp³-hybridized carbons (Fsp3) is 0.100. The number of esters is 2. The Morgan fingerprint density at radius 2 is 1.47 bits per heavy atom. The zero-order chi connectivity index (χ0) is 23.1. The third-order valence-electron chi connectivity index (χ3n) is 4.14. The maximum absolute atomic E-state index is 12.0. The topological polar surface area (TPSA) is 158 Å². The molecule has 3 rings (SSSR count). The minimum Gasteiger partial charge on any atom is -0.465 e. The molecule has 32 heavy (non-hydrogen) atoms. The Balaban J connectivity index is 1.96. The second kappa shape index (κ2) is 9.84. The van der Waals surface area contributed by atoms with Gasteiger partial charge < -0.3 is 14.8 Å². The zero-order valence-electron chi connectivity index (χ0n) is 17.0. The number of nitrogens with one attached hydrogen (secondary N) is 3. The Labute approximate surface area is 181 Å². The van der Waals surface area contributed by atoms with Crippen molar-refractivity contribution < 1.29 is 24.0 Å². The molecule has 0 fully saturated rings. The fourth-order valence-corrected chi connectivity index (χ4v) is 2.70. The zero-order valence-corrected chi connectivity index (χ0v) is 17.0. The standard InChI is InChI=1S/C20H18N6O6/c1-31-19(27)12-8-13(20(28)32-2)10-15(9-12)23-17-16(26(29)30)18(22-11-21-17)25-24-14-6-4-3-5-7-14/h3-11,24H,1-2H3,(H2,21,22,23,25). The Hall–Kier alpha value is -4.74. The highest BCUT2D eigenvalue weighted by molar-refractivity contribution is 5.97. The van der Waals surface area contributed by atoms with Gasteiger partial charge in [0.25, 0.3) is 0 Å². The highest BCUT2D eigenvalue weighted by Gasteiger charge is 2.24. The summed E-state index contributed by atoms with van der Waals surface area (Å²) in [5.74, 6) is -1.68. The summed E-state index contributed by atoms with van der Waals surface area (Å²) in [6.45, 7) is 0. The van der Waals surface area contributed by atoms with Gasteiger partial charge in [0.15, 0.2) is 0 Å². The van der Waals surface area contributed by atoms with Crippen LogP contribution in [-0.2, 0) is 9.47 Å². The van der Waals surface area contributed by atoms with Crippen LogP contribution in [0.25, 0.3) is 0 Å². The summed E-state index contributed by atoms with van der Waals surface area (Å²) in [6.07, 6.45) is 1.12. The van der Waals surface area contributed by atoms with Crippen LogP contribution in [0.15, 0.2) is 54.9 Å². The number of aromatic nitrogens is 2. The van der Waals surface area contributed by atoms with Gasteiger partial charge in [-0.05, 0) is 30.3 Å². The van der Waals surface area contributed by atoms with Crippen LogP contribution >= 0.6 is 0 Å². The average molecular weight is 438 g/mol. The molecule has 0 saturated heterocycles. The first-order valence-corrected chi connectivity index (χ1v) is 9.08. The smallest absolute Gasteiger partial charge is 0.355 e. The van der Waals surface area contributed by atoms with E-state index in [0.29, 0.717) is 5.69 Å². The average Bonchev–Trinajstić information content (AvgIpc) is 2.81. The maximum Gasteiger partial charge on any atom is 0.355 e. The molecule has 12 heteroatoms. The molecule has 0 aliphatic carbocycles. The van der Waals surface area contributed by atoms with E-state index in [4.69, 9.17) is 9.47 Å². The van der Waals surface area contributed by atoms with Gasteiger partial charge in [-0.15, -0.1) is 0 Å². The number of ether oxygens (including phenoxy) is 2. The van der Waals surface area contributed by atoms with Crippen LogP contribution in [0.5, 0.6) is 0 Å². The molecule has 0 aliphatic heterocycles. The minimum absolute atomic E-state index is 0.0405. The first-order chi connectivity index (χ1) is 15.4. The predicted octanol–water partition coefficient (Wildman–Crippen LogP) is 3.14. The van der Waals surface area contributed by atoms with E-state index < -0.39 is 22.5 Å². The number of nitro groups is 1. The largest absolute Gasteiger partial charge is 0.465 e. The van der Waals surface area contributed by atoms with Gasteiger partial charge in [0.2, 0.25) is 11.6 Å². The number of hydrazine groups is 1. The van der Waals surface area contributed by atoms with Crippen LogP contribution < -0.4 is 16.2 Å². The van der Waals surface area contributed by atoms with Crippen LogP contribution in [0, 0.1) is 10.1 Å². The molecule has 0 amide bonds. The highest BCUT2D eigenvalue weighted by atomic mass is 16.6. The van der Waals surface area contributed by atoms with E-state index in [1.165, 1.54) is 32.4 Å². The molecule has 0 aliphatic rings. The molecule has 1 aromatic heterocycles. The molecule has 0 bridgehead atoms. The third kappa shape index (κ3) is 5.05. The molecule has 12 nitrogen and oxygen atoms in total. The molecular weight excluding hydrogens is 420 g/mol. The maximum atomic E-state index is 12.0. The fourth-order valence-electron chi connectivity index (χ4n) is 2.70. The van der Waals surface area contributed by atoms with Crippen molar-refractivity contribution in [3.63, 3.8) is 0 Å². The summed E-state index contributed by atoms with van der Waals surface area (Å²) in [5, 5.41) is 14.5. The van der Waals surface area contributed by atoms with Crippen LogP contribution in [0.4, 0.5) is 28.7 Å². The van der Waals surface area contributed by atoms with Crippen molar-refractivity contribution in [1.29, 1.82) is 0 Å². The molecule has 1 heterocycles. The second-order valence-electron chi connectivity index (χ2n) is 6.20. The summed E-state index contributed by atoms with van der Waals surface area (Å²) in [4.78, 5) is 42.9. The normalized spacial score (nSPS) is 10.1. The number of para-hydroxylation sites is 1. The van der Waals surface area contributed by atoms with Crippen LogP contribution in [0.1, 0.15) is 20.7 Å². The first kappa shape index (κ1) is 22.0. The van der Waals surface area contributed by atoms with Gasteiger partial charge in [-0.25, -0.2) is 19.6 Å². The van der Waals surface area contributed by atoms with Crippen molar-refractivity contribution in [2.75, 3.05) is 30.4 Å². The highest BCUT2D eigenvalue weighted by Crippen LogP contribution is 2.32. The van der Waals surface area contributed by atoms with Gasteiger partial charge in [-0.1, -0.05) is 18.2 Å². The monoisotopic (exact) mass is 438 g/mol. The van der Waals surface area contributed by atoms with Gasteiger partial charge in [0.05, 0.1) is 36.0 Å². The van der Waals surface area contributed by atoms with Crippen molar-refractivity contribution in [1.82, 2.24) is 9.97 Å². The minimum atomic E-state index is -0.703. The summed E-state index contributed by atoms with van der Waals surface area (Å²) < 4.78 is 9.39. The van der Waals surface area contributed by atoms with Gasteiger partial charge >= 0.3 is 17.6 Å². The van der Waals surface area contributed by atoms with E-state index in [1.54, 1.807) is 24.3 Å². The Morgan fingerprint density at radius 1 is 0.875 bits per heavy atom. The molecule has 2 aromatic carbocycles. The van der Waals surface area contributed by atoms with Crippen molar-refractivity contribution >= 4 is 40.6 Å². The number of methoxy groups -OCH3 is 2. The Kier molecular flexibility index (Phi) is 6.75. The van der Waals surface area contributed by atoms with Gasteiger partial charge in [-0.2, -0.15) is 0 Å². The van der Waals surface area contributed by atoms with Gasteiger partial charge in [-0.3, -0.25) is 21.0 Å². The van der Waals surface area contributed by atoms with Crippen LogP contribution in [0.3, 0.4) is 0 Å². The number of benzene rings is 2. The molecule has 0 unspecified atom stereocenters. The van der Waals surface area contributed by atoms with Crippen molar-refractivity contribution in [3.8, 4) is 0 Å². The number of carbonyl (C=O) groups excluding carboxylic acids is 2. The van der Waals surface area contributed by atoms with Gasteiger partial charge in [0, 0.05) is 5.69 Å². The predicted molar refractivity (Wildman–Crippen MR) is 115 cm³/mol. The molecule has 3 aromatic rings. The number of hydrogen-bond donors (Lipinski definition) is 3. The van der Waals surface area contributed by atoms with Gasteiger partial charge in [0.1, 0.15) is 6.33 Å². The summed E-state index contributed by atoms with van der Waals surface area (Å²) in [6, 6.07) is 12.9. The number of nitrogens with zero attached hydrogens (tertiary/aromatic N) is 3. The molecule has 0 spiro atoms. The molecule has 0 atom stereocenters. The lowest BCUT2D eigenvalue weighted by Crippen LogP contribution is -2.13. The quantitative estimate of drug-likeness (QED) is 0.269. The number of hydrogen-bond acceptors (Lipinski definition) is 11. The number of carbonyl (C=O) groups is 2. The van der Waals surface area contributed by atoms with Crippen molar-refractivity contribution in [3.05, 3.63) is 76.1 Å². The molecule has 164 valence electrons. The van der Waals surface area contributed by atoms with Crippen LogP contribution in [-0.4, -0.2) is 41.0 Å². The van der Waals surface area contributed by atoms with Crippen molar-refractivity contribution in [2.24, 2.45) is 0 Å². The lowest BCUT2D eigenvalue weighted by molar-refractivity contribution is -0.383. The Bertz CT molecular complexity index is 1120. The summed E-state index contributed by atoms with van der Waals surface area (Å²) >= 11 is 0. The summed E-state index contributed by atoms with van der Waals surface area (Å²) in [5.41, 5.74) is 5.95. The molecule has 3 N–H and O–H groups in total. The first-order valence-electron chi connectivity index (χ1n) is 9.08. The Morgan fingerprint density at radius 3 is 2.03 bits per heavy atom. The van der Waals surface area contributed by atoms with E-state index in [0.717, 1.165) is 6.33 Å². The van der Waals surface area contributed by atoms with Crippen LogP contribution in [0.2, 0.25) is 0 Å². The number of anilines is 4. The van der Waals surface area contributed by atoms with E-state index in [-0.39, 0.29) is 28.5 Å². The van der Waals surface area contributed by atoms with E-state index in [1.807, 2.05) is 6.07 Å². The molecule has 0 radical (unpaired) electrons. The van der Waals surface area contributed by atoms with E-state index in [9.17, 15) is 19.7 Å². The SMILES string of the molecule is COC(=O)c1cc(Nc2ncnc(NNc3ccccc3)c2[N+](=O)[O-])cc(C(=O)OC)c1. The summed E-state index contributed by atoms with van der Waals surface area (Å²) in [7, 11) is 2.38. The second-order valence-corrected chi connectivity index (χ2v) is 6.20. The third-order valence-corrected chi connectivity index (χ3v) is 4.14. The van der Waals surface area contributed by atoms with E-state index in [2.05, 4.69) is 26.1 Å². The number of rotatable bonds is 8. The molecular formula is C20H18N6O6. The molecule has 0 saturated carbocycles.